The Hall–Kier alpha value is -1.87. The molecule has 0 radical (unpaired) electrons. The molecule has 2 amide bonds. The second-order valence-electron chi connectivity index (χ2n) is 6.31. The van der Waals surface area contributed by atoms with Crippen LogP contribution < -0.4 is 5.73 Å². The zero-order valence-electron chi connectivity index (χ0n) is 14.9. The number of amides is 2. The third-order valence-electron chi connectivity index (χ3n) is 4.54. The number of hydrogen-bond donors (Lipinski definition) is 1. The molecule has 140 valence electrons. The van der Waals surface area contributed by atoms with Gasteiger partial charge in [0.15, 0.2) is 11.0 Å². The number of nitrogens with zero attached hydrogens (tertiary/aromatic N) is 4. The van der Waals surface area contributed by atoms with E-state index in [1.165, 1.54) is 11.8 Å². The molecular formula is C17H23N5O2S2. The first-order valence-corrected chi connectivity index (χ1v) is 10.5. The lowest BCUT2D eigenvalue weighted by molar-refractivity contribution is -0.134. The van der Waals surface area contributed by atoms with E-state index in [0.29, 0.717) is 13.1 Å². The van der Waals surface area contributed by atoms with Crippen molar-refractivity contribution >= 4 is 34.9 Å². The van der Waals surface area contributed by atoms with Gasteiger partial charge in [-0.15, -0.1) is 21.5 Å². The molecule has 2 aromatic rings. The molecule has 1 aliphatic rings. The van der Waals surface area contributed by atoms with Gasteiger partial charge in [-0.05, 0) is 38.1 Å². The number of aromatic nitrogens is 3. The van der Waals surface area contributed by atoms with Crippen molar-refractivity contribution in [1.29, 1.82) is 0 Å². The summed E-state index contributed by atoms with van der Waals surface area (Å²) in [6, 6.07) is 4.00. The smallest absolute Gasteiger partial charge is 0.235 e. The van der Waals surface area contributed by atoms with Gasteiger partial charge in [0.1, 0.15) is 0 Å². The molecule has 1 fully saturated rings. The molecule has 7 nitrogen and oxygen atoms in total. The van der Waals surface area contributed by atoms with E-state index in [9.17, 15) is 9.59 Å². The molecule has 2 N–H and O–H groups in total. The van der Waals surface area contributed by atoms with Gasteiger partial charge in [-0.3, -0.25) is 9.59 Å². The van der Waals surface area contributed by atoms with Crippen molar-refractivity contribution in [2.45, 2.75) is 43.6 Å². The molecule has 3 heterocycles. The fourth-order valence-corrected chi connectivity index (χ4v) is 4.84. The average Bonchev–Trinajstić information content (AvgIpc) is 3.30. The minimum Gasteiger partial charge on any atom is -0.369 e. The van der Waals surface area contributed by atoms with Crippen molar-refractivity contribution < 1.29 is 9.59 Å². The summed E-state index contributed by atoms with van der Waals surface area (Å²) >= 11 is 3.03. The Bertz CT molecular complexity index is 774. The van der Waals surface area contributed by atoms with E-state index in [-0.39, 0.29) is 23.0 Å². The van der Waals surface area contributed by atoms with E-state index in [1.807, 2.05) is 35.9 Å². The summed E-state index contributed by atoms with van der Waals surface area (Å²) in [7, 11) is 0. The van der Waals surface area contributed by atoms with E-state index in [4.69, 9.17) is 5.73 Å². The highest BCUT2D eigenvalue weighted by atomic mass is 32.2. The summed E-state index contributed by atoms with van der Waals surface area (Å²) in [5.41, 5.74) is 5.41. The monoisotopic (exact) mass is 393 g/mol. The minimum absolute atomic E-state index is 0.0178. The van der Waals surface area contributed by atoms with Gasteiger partial charge in [-0.25, -0.2) is 0 Å². The molecule has 0 bridgehead atoms. The highest BCUT2D eigenvalue weighted by molar-refractivity contribution is 8.00. The lowest BCUT2D eigenvalue weighted by Crippen LogP contribution is -2.46. The van der Waals surface area contributed by atoms with Crippen molar-refractivity contribution in [2.24, 2.45) is 11.7 Å². The second-order valence-corrected chi connectivity index (χ2v) is 8.57. The van der Waals surface area contributed by atoms with E-state index < -0.39 is 0 Å². The number of hydrogen-bond acceptors (Lipinski definition) is 6. The van der Waals surface area contributed by atoms with Gasteiger partial charge >= 0.3 is 0 Å². The molecular weight excluding hydrogens is 370 g/mol. The van der Waals surface area contributed by atoms with Gasteiger partial charge in [0.25, 0.3) is 0 Å². The molecule has 0 spiro atoms. The maximum Gasteiger partial charge on any atom is 0.235 e. The largest absolute Gasteiger partial charge is 0.369 e. The molecule has 0 saturated carbocycles. The summed E-state index contributed by atoms with van der Waals surface area (Å²) in [5, 5.41) is 11.0. The van der Waals surface area contributed by atoms with Gasteiger partial charge in [0.2, 0.25) is 11.8 Å². The van der Waals surface area contributed by atoms with Crippen molar-refractivity contribution in [3.05, 3.63) is 17.5 Å². The minimum atomic E-state index is -0.325. The van der Waals surface area contributed by atoms with Crippen LogP contribution in [0.3, 0.4) is 0 Å². The van der Waals surface area contributed by atoms with E-state index in [1.54, 1.807) is 16.2 Å². The highest BCUT2D eigenvalue weighted by Crippen LogP contribution is 2.30. The van der Waals surface area contributed by atoms with Crippen LogP contribution in [-0.2, 0) is 16.1 Å². The first-order chi connectivity index (χ1) is 12.5. The Morgan fingerprint density at radius 2 is 2.27 bits per heavy atom. The number of primary amides is 1. The quantitative estimate of drug-likeness (QED) is 0.760. The fourth-order valence-electron chi connectivity index (χ4n) is 3.12. The van der Waals surface area contributed by atoms with Crippen LogP contribution in [0.4, 0.5) is 0 Å². The molecule has 0 aliphatic carbocycles. The molecule has 1 aliphatic heterocycles. The Kier molecular flexibility index (Phi) is 5.98. The molecule has 0 aromatic carbocycles. The fraction of sp³-hybridized carbons (Fsp3) is 0.529. The van der Waals surface area contributed by atoms with E-state index >= 15 is 0 Å². The molecule has 9 heteroatoms. The Morgan fingerprint density at radius 1 is 1.46 bits per heavy atom. The zero-order chi connectivity index (χ0) is 18.7. The standard InChI is InChI=1S/C17H23N5O2S2/c1-3-22-15(13-7-5-9-25-13)19-20-17(22)26-11(2)16(24)21-8-4-6-12(10-21)14(18)23/h5,7,9,11-12H,3-4,6,8,10H2,1-2H3,(H2,18,23). The summed E-state index contributed by atoms with van der Waals surface area (Å²) in [6.45, 7) is 5.74. The number of nitrogens with two attached hydrogens (primary N) is 1. The molecule has 26 heavy (non-hydrogen) atoms. The number of carbonyl (C=O) groups is 2. The van der Waals surface area contributed by atoms with Crippen molar-refractivity contribution in [3.8, 4) is 10.7 Å². The maximum absolute atomic E-state index is 12.8. The van der Waals surface area contributed by atoms with Crippen LogP contribution >= 0.6 is 23.1 Å². The number of likely N-dealkylation sites (tertiary alicyclic amines) is 1. The van der Waals surface area contributed by atoms with Crippen molar-refractivity contribution in [3.63, 3.8) is 0 Å². The SMILES string of the molecule is CCn1c(SC(C)C(=O)N2CCCC(C(N)=O)C2)nnc1-c1cccs1. The lowest BCUT2D eigenvalue weighted by Gasteiger charge is -2.32. The Balaban J connectivity index is 1.70. The number of carbonyl (C=O) groups excluding carboxylic acids is 2. The van der Waals surface area contributed by atoms with Gasteiger partial charge < -0.3 is 15.2 Å². The lowest BCUT2D eigenvalue weighted by atomic mass is 9.97. The number of thiophene rings is 1. The molecule has 3 rings (SSSR count). The van der Waals surface area contributed by atoms with Crippen LogP contribution in [0.25, 0.3) is 10.7 Å². The van der Waals surface area contributed by atoms with Gasteiger partial charge in [0.05, 0.1) is 16.0 Å². The molecule has 1 saturated heterocycles. The van der Waals surface area contributed by atoms with Crippen LogP contribution in [0.15, 0.2) is 22.7 Å². The Labute approximate surface area is 161 Å². The van der Waals surface area contributed by atoms with Crippen molar-refractivity contribution in [1.82, 2.24) is 19.7 Å². The predicted octanol–water partition coefficient (Wildman–Crippen LogP) is 2.23. The summed E-state index contributed by atoms with van der Waals surface area (Å²) in [6.07, 6.45) is 1.57. The molecule has 2 atom stereocenters. The number of piperidine rings is 1. The normalized spacial score (nSPS) is 18.7. The summed E-state index contributed by atoms with van der Waals surface area (Å²) in [4.78, 5) is 27.1. The van der Waals surface area contributed by atoms with Gasteiger partial charge in [-0.1, -0.05) is 17.8 Å². The third kappa shape index (κ3) is 3.93. The predicted molar refractivity (Wildman–Crippen MR) is 103 cm³/mol. The maximum atomic E-state index is 12.8. The van der Waals surface area contributed by atoms with Crippen LogP contribution in [-0.4, -0.2) is 49.8 Å². The van der Waals surface area contributed by atoms with Crippen molar-refractivity contribution in [2.75, 3.05) is 13.1 Å². The number of rotatable bonds is 6. The van der Waals surface area contributed by atoms with Gasteiger partial charge in [0, 0.05) is 19.6 Å². The average molecular weight is 394 g/mol. The second kappa shape index (κ2) is 8.22. The molecule has 2 aromatic heterocycles. The zero-order valence-corrected chi connectivity index (χ0v) is 16.6. The van der Waals surface area contributed by atoms with Gasteiger partial charge in [-0.2, -0.15) is 0 Å². The van der Waals surface area contributed by atoms with E-state index in [0.717, 1.165) is 35.2 Å². The van der Waals surface area contributed by atoms with Crippen LogP contribution in [0.5, 0.6) is 0 Å². The first kappa shape index (κ1) is 18.9. The topological polar surface area (TPSA) is 94.1 Å². The van der Waals surface area contributed by atoms with E-state index in [2.05, 4.69) is 10.2 Å². The van der Waals surface area contributed by atoms with Crippen LogP contribution in [0, 0.1) is 5.92 Å². The third-order valence-corrected chi connectivity index (χ3v) is 6.47. The first-order valence-electron chi connectivity index (χ1n) is 8.73. The summed E-state index contributed by atoms with van der Waals surface area (Å²) in [5.74, 6) is 0.282. The molecule has 2 unspecified atom stereocenters. The number of thioether (sulfide) groups is 1. The van der Waals surface area contributed by atoms with Crippen LogP contribution in [0.1, 0.15) is 26.7 Å². The Morgan fingerprint density at radius 3 is 2.92 bits per heavy atom. The highest BCUT2D eigenvalue weighted by Gasteiger charge is 2.30. The summed E-state index contributed by atoms with van der Waals surface area (Å²) < 4.78 is 2.03. The van der Waals surface area contributed by atoms with Crippen LogP contribution in [0.2, 0.25) is 0 Å².